The van der Waals surface area contributed by atoms with Crippen LogP contribution in [0, 0.1) is 0 Å². The van der Waals surface area contributed by atoms with Gasteiger partial charge in [0, 0.05) is 17.5 Å². The Morgan fingerprint density at radius 1 is 1.19 bits per heavy atom. The first-order valence-electron chi connectivity index (χ1n) is 6.88. The number of benzene rings is 1. The van der Waals surface area contributed by atoms with Crippen LogP contribution in [0.2, 0.25) is 0 Å². The normalized spacial score (nSPS) is 13.4. The summed E-state index contributed by atoms with van der Waals surface area (Å²) in [5, 5.41) is 5.22. The second kappa shape index (κ2) is 6.62. The van der Waals surface area contributed by atoms with Crippen molar-refractivity contribution >= 4 is 11.3 Å². The van der Waals surface area contributed by atoms with Crippen LogP contribution < -0.4 is 5.32 Å². The van der Waals surface area contributed by atoms with E-state index in [-0.39, 0.29) is 6.04 Å². The van der Waals surface area contributed by atoms with Crippen LogP contribution in [0.25, 0.3) is 0 Å². The number of halogens is 3. The van der Waals surface area contributed by atoms with Crippen molar-refractivity contribution in [1.82, 2.24) is 5.32 Å². The number of nitrogens with one attached hydrogen (secondary N) is 1. The zero-order valence-electron chi connectivity index (χ0n) is 12.0. The molecular formula is C16H18F3NS. The summed E-state index contributed by atoms with van der Waals surface area (Å²) in [6.07, 6.45) is -3.38. The van der Waals surface area contributed by atoms with E-state index in [2.05, 4.69) is 18.3 Å². The quantitative estimate of drug-likeness (QED) is 0.802. The minimum atomic E-state index is -4.32. The lowest BCUT2D eigenvalue weighted by Gasteiger charge is -2.19. The molecule has 0 radical (unpaired) electrons. The van der Waals surface area contributed by atoms with Gasteiger partial charge in [-0.25, -0.2) is 0 Å². The predicted octanol–water partition coefficient (Wildman–Crippen LogP) is 5.18. The summed E-state index contributed by atoms with van der Waals surface area (Å²) < 4.78 is 39.0. The maximum absolute atomic E-state index is 13.0. The Morgan fingerprint density at radius 3 is 2.57 bits per heavy atom. The van der Waals surface area contributed by atoms with Gasteiger partial charge in [-0.05, 0) is 42.0 Å². The van der Waals surface area contributed by atoms with Crippen LogP contribution in [0.15, 0.2) is 35.7 Å². The smallest absolute Gasteiger partial charge is 0.305 e. The van der Waals surface area contributed by atoms with Crippen molar-refractivity contribution in [2.24, 2.45) is 0 Å². The van der Waals surface area contributed by atoms with Gasteiger partial charge in [0.25, 0.3) is 0 Å². The van der Waals surface area contributed by atoms with Gasteiger partial charge in [0.2, 0.25) is 0 Å². The Bertz CT molecular complexity index is 589. The first kappa shape index (κ1) is 16.0. The van der Waals surface area contributed by atoms with E-state index < -0.39 is 11.7 Å². The standard InChI is InChI=1S/C16H18F3NS/c1-3-12-8-9-21-15(12)10-20-11(2)13-6-4-5-7-14(13)16(17,18)19/h4-9,11,20H,3,10H2,1-2H3. The van der Waals surface area contributed by atoms with E-state index in [4.69, 9.17) is 0 Å². The molecule has 0 spiro atoms. The lowest BCUT2D eigenvalue weighted by Crippen LogP contribution is -2.21. The van der Waals surface area contributed by atoms with Crippen LogP contribution >= 0.6 is 11.3 Å². The molecule has 1 nitrogen and oxygen atoms in total. The second-order valence-electron chi connectivity index (χ2n) is 4.91. The monoisotopic (exact) mass is 313 g/mol. The van der Waals surface area contributed by atoms with Crippen molar-refractivity contribution in [3.63, 3.8) is 0 Å². The molecule has 0 aliphatic heterocycles. The van der Waals surface area contributed by atoms with Crippen molar-refractivity contribution in [3.05, 3.63) is 57.3 Å². The highest BCUT2D eigenvalue weighted by molar-refractivity contribution is 7.10. The molecule has 114 valence electrons. The van der Waals surface area contributed by atoms with Crippen LogP contribution in [0.5, 0.6) is 0 Å². The van der Waals surface area contributed by atoms with Gasteiger partial charge in [-0.1, -0.05) is 25.1 Å². The molecule has 0 amide bonds. The first-order valence-corrected chi connectivity index (χ1v) is 7.76. The van der Waals surface area contributed by atoms with E-state index in [1.165, 1.54) is 22.6 Å². The molecule has 0 fully saturated rings. The van der Waals surface area contributed by atoms with Gasteiger partial charge in [0.15, 0.2) is 0 Å². The summed E-state index contributed by atoms with van der Waals surface area (Å²) in [5.41, 5.74) is 0.982. The van der Waals surface area contributed by atoms with Gasteiger partial charge in [0.05, 0.1) is 5.56 Å². The topological polar surface area (TPSA) is 12.0 Å². The molecule has 0 aliphatic carbocycles. The molecule has 2 rings (SSSR count). The summed E-state index contributed by atoms with van der Waals surface area (Å²) in [6, 6.07) is 7.45. The van der Waals surface area contributed by atoms with Crippen molar-refractivity contribution in [1.29, 1.82) is 0 Å². The van der Waals surface area contributed by atoms with Crippen LogP contribution in [0.3, 0.4) is 0 Å². The number of aryl methyl sites for hydroxylation is 1. The molecule has 0 saturated heterocycles. The molecule has 1 heterocycles. The lowest BCUT2D eigenvalue weighted by atomic mass is 10.0. The third kappa shape index (κ3) is 3.86. The third-order valence-electron chi connectivity index (χ3n) is 3.52. The summed E-state index contributed by atoms with van der Waals surface area (Å²) in [6.45, 7) is 4.44. The van der Waals surface area contributed by atoms with Crippen LogP contribution in [0.1, 0.15) is 41.5 Å². The zero-order chi connectivity index (χ0) is 15.5. The molecule has 1 N–H and O–H groups in total. The minimum absolute atomic E-state index is 0.291. The van der Waals surface area contributed by atoms with Crippen LogP contribution in [0.4, 0.5) is 13.2 Å². The molecule has 0 saturated carbocycles. The van der Waals surface area contributed by atoms with Gasteiger partial charge in [-0.2, -0.15) is 13.2 Å². The van der Waals surface area contributed by atoms with Gasteiger partial charge in [-0.15, -0.1) is 11.3 Å². The molecule has 1 aromatic carbocycles. The third-order valence-corrected chi connectivity index (χ3v) is 4.48. The first-order chi connectivity index (χ1) is 9.93. The highest BCUT2D eigenvalue weighted by Crippen LogP contribution is 2.34. The molecule has 1 unspecified atom stereocenters. The van der Waals surface area contributed by atoms with E-state index in [0.29, 0.717) is 12.1 Å². The summed E-state index contributed by atoms with van der Waals surface area (Å²) in [7, 11) is 0. The number of thiophene rings is 1. The maximum Gasteiger partial charge on any atom is 0.416 e. The summed E-state index contributed by atoms with van der Waals surface area (Å²) in [4.78, 5) is 1.19. The Morgan fingerprint density at radius 2 is 1.90 bits per heavy atom. The number of rotatable bonds is 5. The molecule has 21 heavy (non-hydrogen) atoms. The van der Waals surface area contributed by atoms with E-state index in [9.17, 15) is 13.2 Å². The lowest BCUT2D eigenvalue weighted by molar-refractivity contribution is -0.138. The SMILES string of the molecule is CCc1ccsc1CNC(C)c1ccccc1C(F)(F)F. The molecule has 0 bridgehead atoms. The second-order valence-corrected chi connectivity index (χ2v) is 5.91. The maximum atomic E-state index is 13.0. The van der Waals surface area contributed by atoms with Crippen molar-refractivity contribution in [2.75, 3.05) is 0 Å². The average Bonchev–Trinajstić information content (AvgIpc) is 2.91. The Labute approximate surface area is 126 Å². The number of hydrogen-bond donors (Lipinski definition) is 1. The molecule has 2 aromatic rings. The highest BCUT2D eigenvalue weighted by Gasteiger charge is 2.34. The fourth-order valence-electron chi connectivity index (χ4n) is 2.33. The Hall–Kier alpha value is -1.33. The molecule has 1 atom stereocenters. The van der Waals surface area contributed by atoms with Crippen LogP contribution in [-0.2, 0) is 19.1 Å². The molecular weight excluding hydrogens is 295 g/mol. The summed E-state index contributed by atoms with van der Waals surface area (Å²) >= 11 is 1.64. The zero-order valence-corrected chi connectivity index (χ0v) is 12.8. The van der Waals surface area contributed by atoms with E-state index in [0.717, 1.165) is 12.5 Å². The van der Waals surface area contributed by atoms with Crippen molar-refractivity contribution in [2.45, 2.75) is 39.0 Å². The van der Waals surface area contributed by atoms with E-state index in [1.807, 2.05) is 5.38 Å². The summed E-state index contributed by atoms with van der Waals surface area (Å²) in [5.74, 6) is 0. The fraction of sp³-hybridized carbons (Fsp3) is 0.375. The number of hydrogen-bond acceptors (Lipinski definition) is 2. The predicted molar refractivity (Wildman–Crippen MR) is 80.4 cm³/mol. The van der Waals surface area contributed by atoms with Gasteiger partial charge >= 0.3 is 6.18 Å². The van der Waals surface area contributed by atoms with Gasteiger partial charge < -0.3 is 5.32 Å². The largest absolute Gasteiger partial charge is 0.416 e. The molecule has 0 aliphatic rings. The van der Waals surface area contributed by atoms with Crippen molar-refractivity contribution in [3.8, 4) is 0 Å². The molecule has 5 heteroatoms. The number of alkyl halides is 3. The highest BCUT2D eigenvalue weighted by atomic mass is 32.1. The average molecular weight is 313 g/mol. The van der Waals surface area contributed by atoms with Gasteiger partial charge in [0.1, 0.15) is 0 Å². The van der Waals surface area contributed by atoms with Gasteiger partial charge in [-0.3, -0.25) is 0 Å². The minimum Gasteiger partial charge on any atom is -0.305 e. The Balaban J connectivity index is 2.12. The molecule has 1 aromatic heterocycles. The van der Waals surface area contributed by atoms with E-state index >= 15 is 0 Å². The Kier molecular flexibility index (Phi) is 5.06. The van der Waals surface area contributed by atoms with E-state index in [1.54, 1.807) is 24.3 Å². The fourth-order valence-corrected chi connectivity index (χ4v) is 3.25. The van der Waals surface area contributed by atoms with Crippen molar-refractivity contribution < 1.29 is 13.2 Å². The van der Waals surface area contributed by atoms with Crippen LogP contribution in [-0.4, -0.2) is 0 Å².